The lowest BCUT2D eigenvalue weighted by molar-refractivity contribution is -0.117. The van der Waals surface area contributed by atoms with E-state index < -0.39 is 15.9 Å². The second kappa shape index (κ2) is 5.33. The summed E-state index contributed by atoms with van der Waals surface area (Å²) in [5, 5.41) is 0. The van der Waals surface area contributed by atoms with Crippen molar-refractivity contribution in [1.82, 2.24) is 0 Å². The van der Waals surface area contributed by atoms with Crippen molar-refractivity contribution in [1.29, 1.82) is 0 Å². The Kier molecular flexibility index (Phi) is 3.76. The van der Waals surface area contributed by atoms with Crippen LogP contribution in [0.3, 0.4) is 0 Å². The smallest absolute Gasteiger partial charge is 0.235 e. The van der Waals surface area contributed by atoms with Gasteiger partial charge in [0.2, 0.25) is 15.9 Å². The number of benzene rings is 1. The van der Waals surface area contributed by atoms with Gasteiger partial charge in [-0.3, -0.25) is 9.10 Å². The fourth-order valence-corrected chi connectivity index (χ4v) is 3.46. The molecule has 0 aliphatic carbocycles. The summed E-state index contributed by atoms with van der Waals surface area (Å²) < 4.78 is 25.0. The topological polar surface area (TPSA) is 80.5 Å². The molecule has 19 heavy (non-hydrogen) atoms. The lowest BCUT2D eigenvalue weighted by Gasteiger charge is -2.16. The van der Waals surface area contributed by atoms with Crippen LogP contribution >= 0.6 is 0 Å². The van der Waals surface area contributed by atoms with E-state index in [0.29, 0.717) is 24.2 Å². The molecule has 0 spiro atoms. The van der Waals surface area contributed by atoms with Crippen molar-refractivity contribution in [2.45, 2.75) is 12.8 Å². The third kappa shape index (κ3) is 3.26. The van der Waals surface area contributed by atoms with E-state index in [1.54, 1.807) is 24.3 Å². The Balaban J connectivity index is 2.24. The van der Waals surface area contributed by atoms with Gasteiger partial charge in [-0.2, -0.15) is 0 Å². The molecule has 2 rings (SSSR count). The number of carbonyl (C=O) groups is 1. The van der Waals surface area contributed by atoms with Crippen LogP contribution in [0.15, 0.2) is 24.3 Å². The zero-order valence-corrected chi connectivity index (χ0v) is 11.1. The molecule has 0 saturated carbocycles. The minimum atomic E-state index is -3.18. The van der Waals surface area contributed by atoms with E-state index in [-0.39, 0.29) is 12.2 Å². The molecule has 0 radical (unpaired) electrons. The lowest BCUT2D eigenvalue weighted by Crippen LogP contribution is -2.24. The Hall–Kier alpha value is -2.00. The minimum Gasteiger partial charge on any atom is -0.369 e. The Morgan fingerprint density at radius 3 is 2.84 bits per heavy atom. The number of nitrogens with two attached hydrogens (primary N) is 1. The number of hydrogen-bond acceptors (Lipinski definition) is 3. The van der Waals surface area contributed by atoms with E-state index in [0.717, 1.165) is 0 Å². The van der Waals surface area contributed by atoms with Gasteiger partial charge < -0.3 is 5.73 Å². The lowest BCUT2D eigenvalue weighted by atomic mass is 10.2. The number of primary amides is 1. The molecule has 5 nitrogen and oxygen atoms in total. The standard InChI is InChI=1S/C13H14N2O3S/c14-13(16)7-2-5-11-4-1-6-12(10-11)15-8-3-9-19(15,17)18/h1,4,6,10H,3,7-9H2,(H2,14,16). The van der Waals surface area contributed by atoms with Gasteiger partial charge in [-0.25, -0.2) is 8.42 Å². The molecule has 6 heteroatoms. The zero-order valence-electron chi connectivity index (χ0n) is 10.3. The molecule has 0 aromatic heterocycles. The molecule has 1 aromatic rings. The number of anilines is 1. The van der Waals surface area contributed by atoms with Crippen molar-refractivity contribution in [2.24, 2.45) is 5.73 Å². The SMILES string of the molecule is NC(=O)CC#Cc1cccc(N2CCCS2(=O)=O)c1. The molecule has 1 amide bonds. The third-order valence-electron chi connectivity index (χ3n) is 2.73. The van der Waals surface area contributed by atoms with Crippen molar-refractivity contribution in [2.75, 3.05) is 16.6 Å². The third-order valence-corrected chi connectivity index (χ3v) is 4.60. The van der Waals surface area contributed by atoms with E-state index in [1.807, 2.05) is 0 Å². The van der Waals surface area contributed by atoms with E-state index >= 15 is 0 Å². The van der Waals surface area contributed by atoms with Crippen molar-refractivity contribution in [3.63, 3.8) is 0 Å². The van der Waals surface area contributed by atoms with Crippen molar-refractivity contribution >= 4 is 21.6 Å². The maximum atomic E-state index is 11.8. The van der Waals surface area contributed by atoms with Crippen molar-refractivity contribution in [3.05, 3.63) is 29.8 Å². The van der Waals surface area contributed by atoms with Gasteiger partial charge in [0.1, 0.15) is 0 Å². The molecule has 1 heterocycles. The average Bonchev–Trinajstić information content (AvgIpc) is 2.69. The summed E-state index contributed by atoms with van der Waals surface area (Å²) in [6.45, 7) is 0.500. The van der Waals surface area contributed by atoms with Crippen molar-refractivity contribution in [3.8, 4) is 11.8 Å². The maximum Gasteiger partial charge on any atom is 0.235 e. The summed E-state index contributed by atoms with van der Waals surface area (Å²) in [6.07, 6.45) is 0.631. The highest BCUT2D eigenvalue weighted by Crippen LogP contribution is 2.24. The molecule has 0 bridgehead atoms. The van der Waals surface area contributed by atoms with Gasteiger partial charge in [0.25, 0.3) is 0 Å². The number of rotatable bonds is 2. The van der Waals surface area contributed by atoms with Gasteiger partial charge in [0, 0.05) is 12.1 Å². The summed E-state index contributed by atoms with van der Waals surface area (Å²) in [6, 6.07) is 6.95. The molecule has 1 aliphatic rings. The normalized spacial score (nSPS) is 16.7. The summed E-state index contributed by atoms with van der Waals surface area (Å²) in [5.74, 6) is 5.15. The van der Waals surface area contributed by atoms with E-state index in [4.69, 9.17) is 5.73 Å². The van der Waals surface area contributed by atoms with Crippen LogP contribution in [-0.4, -0.2) is 26.6 Å². The van der Waals surface area contributed by atoms with Gasteiger partial charge in [0.05, 0.1) is 17.9 Å². The molecular weight excluding hydrogens is 264 g/mol. The van der Waals surface area contributed by atoms with Crippen molar-refractivity contribution < 1.29 is 13.2 Å². The molecule has 2 N–H and O–H groups in total. The second-order valence-corrected chi connectivity index (χ2v) is 6.25. The molecule has 0 atom stereocenters. The fraction of sp³-hybridized carbons (Fsp3) is 0.308. The first-order valence-electron chi connectivity index (χ1n) is 5.87. The average molecular weight is 278 g/mol. The monoisotopic (exact) mass is 278 g/mol. The van der Waals surface area contributed by atoms with Crippen LogP contribution in [0.25, 0.3) is 0 Å². The van der Waals surface area contributed by atoms with E-state index in [1.165, 1.54) is 4.31 Å². The highest BCUT2D eigenvalue weighted by atomic mass is 32.2. The molecule has 1 aromatic carbocycles. The zero-order chi connectivity index (χ0) is 13.9. The predicted octanol–water partition coefficient (Wildman–Crippen LogP) is 0.453. The summed E-state index contributed by atoms with van der Waals surface area (Å²) in [7, 11) is -3.18. The van der Waals surface area contributed by atoms with Crippen LogP contribution in [0.1, 0.15) is 18.4 Å². The Bertz CT molecular complexity index is 656. The van der Waals surface area contributed by atoms with Gasteiger partial charge >= 0.3 is 0 Å². The van der Waals surface area contributed by atoms with E-state index in [2.05, 4.69) is 11.8 Å². The quantitative estimate of drug-likeness (QED) is 0.798. The van der Waals surface area contributed by atoms with Crippen LogP contribution in [0, 0.1) is 11.8 Å². The second-order valence-electron chi connectivity index (χ2n) is 4.24. The van der Waals surface area contributed by atoms with Crippen LogP contribution in [0.2, 0.25) is 0 Å². The fourth-order valence-electron chi connectivity index (χ4n) is 1.90. The Morgan fingerprint density at radius 2 is 2.21 bits per heavy atom. The largest absolute Gasteiger partial charge is 0.369 e. The summed E-state index contributed by atoms with van der Waals surface area (Å²) in [4.78, 5) is 10.6. The number of sulfonamides is 1. The molecule has 1 aliphatic heterocycles. The Labute approximate surface area is 112 Å². The van der Waals surface area contributed by atoms with Gasteiger partial charge in [-0.05, 0) is 24.6 Å². The first-order chi connectivity index (χ1) is 8.99. The number of carbonyl (C=O) groups excluding carboxylic acids is 1. The first kappa shape index (κ1) is 13.4. The van der Waals surface area contributed by atoms with Gasteiger partial charge in [-0.1, -0.05) is 17.9 Å². The number of amides is 1. The predicted molar refractivity (Wildman–Crippen MR) is 72.9 cm³/mol. The molecule has 0 unspecified atom stereocenters. The molecule has 1 fully saturated rings. The highest BCUT2D eigenvalue weighted by molar-refractivity contribution is 7.93. The molecule has 1 saturated heterocycles. The van der Waals surface area contributed by atoms with Crippen LogP contribution < -0.4 is 10.0 Å². The molecule has 100 valence electrons. The summed E-state index contributed by atoms with van der Waals surface area (Å²) >= 11 is 0. The van der Waals surface area contributed by atoms with Gasteiger partial charge in [0.15, 0.2) is 0 Å². The number of hydrogen-bond donors (Lipinski definition) is 1. The molecular formula is C13H14N2O3S. The minimum absolute atomic E-state index is 0.00770. The van der Waals surface area contributed by atoms with Gasteiger partial charge in [-0.15, -0.1) is 0 Å². The van der Waals surface area contributed by atoms with Crippen LogP contribution in [0.4, 0.5) is 5.69 Å². The Morgan fingerprint density at radius 1 is 1.42 bits per heavy atom. The first-order valence-corrected chi connectivity index (χ1v) is 7.47. The van der Waals surface area contributed by atoms with Crippen LogP contribution in [0.5, 0.6) is 0 Å². The number of nitrogens with zero attached hydrogens (tertiary/aromatic N) is 1. The van der Waals surface area contributed by atoms with E-state index in [9.17, 15) is 13.2 Å². The van der Waals surface area contributed by atoms with Crippen LogP contribution in [-0.2, 0) is 14.8 Å². The maximum absolute atomic E-state index is 11.8. The highest BCUT2D eigenvalue weighted by Gasteiger charge is 2.28. The summed E-state index contributed by atoms with van der Waals surface area (Å²) in [5.41, 5.74) is 6.27.